The standard InChI is InChI=1S/C84H158/c1-9-15-20-25-29-33-37-41-47-53-60-66-73-80(14-6)82(76-69-62-55-49-42-38-34-30-26-21-16-10-2)84(78-71-64-57-51-44-40-36-32-28-23-18-12-4)83(77-70-63-56-50-43-39-35-31-27-22-17-11-3)81(74-67-58-24-19-13-5)75-68-61-54-48-45-46-52-59-65-72-79(7)8/h9-12,14,80-84H,1-4,6-7,13,15-78H2,5,8H3. The van der Waals surface area contributed by atoms with Gasteiger partial charge in [-0.05, 0) is 126 Å². The molecule has 0 radical (unpaired) electrons. The lowest BCUT2D eigenvalue weighted by Crippen LogP contribution is -2.34. The first-order valence-electron chi connectivity index (χ1n) is 39.2. The van der Waals surface area contributed by atoms with Crippen molar-refractivity contribution < 1.29 is 0 Å². The third-order valence-corrected chi connectivity index (χ3v) is 20.2. The van der Waals surface area contributed by atoms with E-state index in [0.29, 0.717) is 5.92 Å². The highest BCUT2D eigenvalue weighted by molar-refractivity contribution is 4.93. The molecule has 0 aromatic carbocycles. The van der Waals surface area contributed by atoms with Crippen LogP contribution in [0.25, 0.3) is 0 Å². The fraction of sp³-hybridized carbons (Fsp3) is 0.857. The van der Waals surface area contributed by atoms with Crippen LogP contribution < -0.4 is 0 Å². The molecule has 0 aromatic heterocycles. The maximum absolute atomic E-state index is 4.82. The number of allylic oxidation sites excluding steroid dienone is 6. The molecule has 84 heavy (non-hydrogen) atoms. The summed E-state index contributed by atoms with van der Waals surface area (Å²) in [5, 5.41) is 0. The van der Waals surface area contributed by atoms with E-state index in [2.05, 4.69) is 77.1 Å². The Balaban J connectivity index is 6.75. The van der Waals surface area contributed by atoms with E-state index in [9.17, 15) is 0 Å². The van der Waals surface area contributed by atoms with E-state index >= 15 is 0 Å². The zero-order valence-electron chi connectivity index (χ0n) is 58.5. The van der Waals surface area contributed by atoms with E-state index in [-0.39, 0.29) is 0 Å². The lowest BCUT2D eigenvalue weighted by molar-refractivity contribution is 0.0856. The molecule has 0 aliphatic carbocycles. The summed E-state index contributed by atoms with van der Waals surface area (Å²) in [5.74, 6) is 4.16. The van der Waals surface area contributed by atoms with Crippen LogP contribution >= 0.6 is 0 Å². The van der Waals surface area contributed by atoms with Gasteiger partial charge in [-0.2, -0.15) is 0 Å². The summed E-state index contributed by atoms with van der Waals surface area (Å²) in [7, 11) is 0. The Bertz CT molecular complexity index is 1330. The molecule has 0 heterocycles. The van der Waals surface area contributed by atoms with Gasteiger partial charge < -0.3 is 0 Å². The Morgan fingerprint density at radius 2 is 0.476 bits per heavy atom. The molecule has 0 saturated carbocycles. The number of hydrogen-bond acceptors (Lipinski definition) is 0. The van der Waals surface area contributed by atoms with Crippen LogP contribution in [0.2, 0.25) is 0 Å². The highest BCUT2D eigenvalue weighted by Crippen LogP contribution is 2.46. The van der Waals surface area contributed by atoms with E-state index in [1.165, 1.54) is 423 Å². The van der Waals surface area contributed by atoms with Crippen LogP contribution in [-0.4, -0.2) is 0 Å². The molecule has 0 amide bonds. The first kappa shape index (κ1) is 82.4. The van der Waals surface area contributed by atoms with E-state index < -0.39 is 0 Å². The largest absolute Gasteiger partial charge is 0.103 e. The Labute approximate surface area is 533 Å². The summed E-state index contributed by atoms with van der Waals surface area (Å²) in [6, 6.07) is 0. The number of unbranched alkanes of at least 4 members (excludes halogenated alkanes) is 52. The van der Waals surface area contributed by atoms with Gasteiger partial charge in [0.15, 0.2) is 0 Å². The van der Waals surface area contributed by atoms with Crippen molar-refractivity contribution >= 4 is 0 Å². The molecule has 0 fully saturated rings. The fourth-order valence-corrected chi connectivity index (χ4v) is 14.8. The first-order valence-corrected chi connectivity index (χ1v) is 39.2. The van der Waals surface area contributed by atoms with Crippen molar-refractivity contribution in [2.45, 2.75) is 431 Å². The third-order valence-electron chi connectivity index (χ3n) is 20.2. The summed E-state index contributed by atoms with van der Waals surface area (Å²) in [4.78, 5) is 0. The molecule has 0 aliphatic heterocycles. The first-order chi connectivity index (χ1) is 41.5. The molecule has 0 saturated heterocycles. The summed E-state index contributed by atoms with van der Waals surface area (Å²) in [6.07, 6.45) is 103. The van der Waals surface area contributed by atoms with E-state index in [1.54, 1.807) is 0 Å². The minimum absolute atomic E-state index is 0.684. The van der Waals surface area contributed by atoms with Crippen molar-refractivity contribution in [2.75, 3.05) is 0 Å². The highest BCUT2D eigenvalue weighted by atomic mass is 14.4. The van der Waals surface area contributed by atoms with Gasteiger partial charge in [0.1, 0.15) is 0 Å². The fourth-order valence-electron chi connectivity index (χ4n) is 14.8. The predicted molar refractivity (Wildman–Crippen MR) is 389 cm³/mol. The minimum atomic E-state index is 0.684. The molecule has 494 valence electrons. The van der Waals surface area contributed by atoms with Crippen LogP contribution in [0.1, 0.15) is 431 Å². The topological polar surface area (TPSA) is 0 Å². The van der Waals surface area contributed by atoms with Crippen molar-refractivity contribution in [2.24, 2.45) is 29.6 Å². The zero-order valence-corrected chi connectivity index (χ0v) is 58.5. The van der Waals surface area contributed by atoms with Gasteiger partial charge in [0.05, 0.1) is 0 Å². The molecule has 0 heteroatoms. The summed E-state index contributed by atoms with van der Waals surface area (Å²) in [6.45, 7) is 29.3. The van der Waals surface area contributed by atoms with Crippen LogP contribution in [0.3, 0.4) is 0 Å². The summed E-state index contributed by atoms with van der Waals surface area (Å²) in [5.41, 5.74) is 1.36. The highest BCUT2D eigenvalue weighted by Gasteiger charge is 2.36. The van der Waals surface area contributed by atoms with Crippen molar-refractivity contribution in [1.29, 1.82) is 0 Å². The van der Waals surface area contributed by atoms with Gasteiger partial charge >= 0.3 is 0 Å². The van der Waals surface area contributed by atoms with Crippen LogP contribution in [0, 0.1) is 29.6 Å². The second-order valence-electron chi connectivity index (χ2n) is 28.1. The Morgan fingerprint density at radius 3 is 0.750 bits per heavy atom. The predicted octanol–water partition coefficient (Wildman–Crippen LogP) is 30.9. The van der Waals surface area contributed by atoms with Crippen LogP contribution in [0.4, 0.5) is 0 Å². The van der Waals surface area contributed by atoms with Crippen molar-refractivity contribution in [3.63, 3.8) is 0 Å². The maximum Gasteiger partial charge on any atom is -0.0205 e. The van der Waals surface area contributed by atoms with Gasteiger partial charge in [-0.15, -0.1) is 39.5 Å². The SMILES string of the molecule is C=CCCCCCCCCCCCCC(C=C)C(CCCCCCCCCCCCC=C)C(CCCCCCCCCCCCC=C)C(CCCCCCCCCCCCC=C)C(CCCCCCC)CCCCCCCCCCCC(=C)C. The Morgan fingerprint density at radius 1 is 0.250 bits per heavy atom. The van der Waals surface area contributed by atoms with E-state index in [0.717, 1.165) is 23.7 Å². The van der Waals surface area contributed by atoms with Gasteiger partial charge in [0.2, 0.25) is 0 Å². The molecule has 0 spiro atoms. The molecular weight excluding hydrogens is 1010 g/mol. The Kier molecular flexibility index (Phi) is 69.2. The monoisotopic (exact) mass is 1170 g/mol. The molecule has 5 atom stereocenters. The van der Waals surface area contributed by atoms with E-state index in [4.69, 9.17) is 6.58 Å². The zero-order chi connectivity index (χ0) is 61.0. The van der Waals surface area contributed by atoms with Crippen LogP contribution in [0.15, 0.2) is 75.4 Å². The molecule has 0 N–H and O–H groups in total. The van der Waals surface area contributed by atoms with Gasteiger partial charge in [-0.1, -0.05) is 370 Å². The number of rotatable bonds is 75. The molecule has 0 aliphatic rings. The molecule has 0 nitrogen and oxygen atoms in total. The summed E-state index contributed by atoms with van der Waals surface area (Å²) < 4.78 is 0. The normalized spacial score (nSPS) is 13.4. The number of hydrogen-bond donors (Lipinski definition) is 0. The van der Waals surface area contributed by atoms with Crippen LogP contribution in [-0.2, 0) is 0 Å². The average Bonchev–Trinajstić information content (AvgIpc) is 3.66. The summed E-state index contributed by atoms with van der Waals surface area (Å²) >= 11 is 0. The molecule has 0 rings (SSSR count). The molecule has 5 unspecified atom stereocenters. The average molecular weight is 1170 g/mol. The lowest BCUT2D eigenvalue weighted by atomic mass is 9.63. The quantitative estimate of drug-likeness (QED) is 0.0421. The molecular formula is C84H158. The maximum atomic E-state index is 4.82. The Hall–Kier alpha value is -1.56. The van der Waals surface area contributed by atoms with Gasteiger partial charge in [-0.3, -0.25) is 0 Å². The van der Waals surface area contributed by atoms with Gasteiger partial charge in [0.25, 0.3) is 0 Å². The van der Waals surface area contributed by atoms with Crippen molar-refractivity contribution in [1.82, 2.24) is 0 Å². The lowest BCUT2D eigenvalue weighted by Gasteiger charge is -2.42. The second-order valence-corrected chi connectivity index (χ2v) is 28.1. The molecule has 0 bridgehead atoms. The van der Waals surface area contributed by atoms with Gasteiger partial charge in [0, 0.05) is 0 Å². The third kappa shape index (κ3) is 58.1. The van der Waals surface area contributed by atoms with Crippen molar-refractivity contribution in [3.05, 3.63) is 75.4 Å². The van der Waals surface area contributed by atoms with Gasteiger partial charge in [-0.25, -0.2) is 0 Å². The second kappa shape index (κ2) is 70.5. The minimum Gasteiger partial charge on any atom is -0.103 e. The molecule has 0 aromatic rings. The smallest absolute Gasteiger partial charge is 0.0205 e. The van der Waals surface area contributed by atoms with Crippen molar-refractivity contribution in [3.8, 4) is 0 Å². The van der Waals surface area contributed by atoms with E-state index in [1.807, 2.05) is 0 Å². The van der Waals surface area contributed by atoms with Crippen LogP contribution in [0.5, 0.6) is 0 Å².